The summed E-state index contributed by atoms with van der Waals surface area (Å²) in [6.45, 7) is 2.10. The summed E-state index contributed by atoms with van der Waals surface area (Å²) in [5, 5.41) is 16.5. The van der Waals surface area contributed by atoms with E-state index in [1.165, 1.54) is 0 Å². The molecule has 0 bridgehead atoms. The number of hydrogen-bond acceptors (Lipinski definition) is 2. The van der Waals surface area contributed by atoms with Crippen molar-refractivity contribution in [3.63, 3.8) is 0 Å². The van der Waals surface area contributed by atoms with E-state index >= 15 is 0 Å². The van der Waals surface area contributed by atoms with Crippen LogP contribution in [0.15, 0.2) is 0 Å². The van der Waals surface area contributed by atoms with Crippen molar-refractivity contribution < 1.29 is 19.0 Å². The maximum atomic E-state index is 12.6. The molecule has 0 aromatic rings. The van der Waals surface area contributed by atoms with Crippen molar-refractivity contribution in [2.45, 2.75) is 64.1 Å². The minimum Gasteiger partial charge on any atom is -0.338 e. The van der Waals surface area contributed by atoms with Crippen molar-refractivity contribution in [1.82, 2.24) is 0 Å². The molecule has 0 rings (SSSR count). The third-order valence-corrected chi connectivity index (χ3v) is 2.21. The van der Waals surface area contributed by atoms with Crippen molar-refractivity contribution in [1.29, 1.82) is 0 Å². The van der Waals surface area contributed by atoms with Crippen LogP contribution in [-0.4, -0.2) is 22.4 Å². The maximum absolute atomic E-state index is 12.6. The molecule has 0 aliphatic carbocycles. The molecule has 86 valence electrons. The fraction of sp³-hybridized carbons (Fsp3) is 1.00. The number of hydrogen-bond donors (Lipinski definition) is 2. The van der Waals surface area contributed by atoms with Gasteiger partial charge in [0.05, 0.1) is 0 Å². The van der Waals surface area contributed by atoms with Crippen LogP contribution < -0.4 is 0 Å². The summed E-state index contributed by atoms with van der Waals surface area (Å²) in [6, 6.07) is -3.66. The normalized spacial score (nSPS) is 14.4. The average molecular weight is 210 g/mol. The van der Waals surface area contributed by atoms with Gasteiger partial charge in [-0.05, 0) is 6.42 Å². The van der Waals surface area contributed by atoms with E-state index in [0.29, 0.717) is 6.42 Å². The lowest BCUT2D eigenvalue weighted by Gasteiger charge is -2.15. The fourth-order valence-electron chi connectivity index (χ4n) is 1.29. The summed E-state index contributed by atoms with van der Waals surface area (Å²) in [5.41, 5.74) is 0. The molecular weight excluding hydrogens is 190 g/mol. The molecule has 0 aromatic carbocycles. The Kier molecular flexibility index (Phi) is 7.01. The summed E-state index contributed by atoms with van der Waals surface area (Å²) in [5.74, 6) is 0. The predicted octanol–water partition coefficient (Wildman–Crippen LogP) is 2.68. The van der Waals surface area contributed by atoms with Gasteiger partial charge in [-0.25, -0.2) is 4.39 Å². The van der Waals surface area contributed by atoms with Gasteiger partial charge < -0.3 is 10.2 Å². The Morgan fingerprint density at radius 2 is 1.57 bits per heavy atom. The number of unbranched alkanes of at least 4 members (excludes halogenated alkanes) is 5. The number of halogens is 2. The van der Waals surface area contributed by atoms with Crippen LogP contribution in [0.2, 0.25) is 0 Å². The van der Waals surface area contributed by atoms with Gasteiger partial charge in [-0.3, -0.25) is 0 Å². The first-order chi connectivity index (χ1) is 6.48. The van der Waals surface area contributed by atoms with E-state index in [0.717, 1.165) is 32.1 Å². The SMILES string of the molecule is CCCCCCCCC(F)C(O)(O)F. The van der Waals surface area contributed by atoms with Gasteiger partial charge in [0.2, 0.25) is 0 Å². The van der Waals surface area contributed by atoms with E-state index < -0.39 is 12.2 Å². The van der Waals surface area contributed by atoms with Gasteiger partial charge in [0.25, 0.3) is 0 Å². The third kappa shape index (κ3) is 7.21. The standard InChI is InChI=1S/C10H20F2O2/c1-2-3-4-5-6-7-8-9(11)10(12,13)14/h9,13-14H,2-8H2,1H3. The Balaban J connectivity index is 3.28. The lowest BCUT2D eigenvalue weighted by atomic mass is 10.1. The topological polar surface area (TPSA) is 40.5 Å². The molecule has 0 fully saturated rings. The van der Waals surface area contributed by atoms with Gasteiger partial charge in [-0.15, -0.1) is 0 Å². The molecule has 2 N–H and O–H groups in total. The minimum absolute atomic E-state index is 0.129. The monoisotopic (exact) mass is 210 g/mol. The minimum atomic E-state index is -3.66. The zero-order valence-electron chi connectivity index (χ0n) is 8.68. The highest BCUT2D eigenvalue weighted by Crippen LogP contribution is 2.19. The van der Waals surface area contributed by atoms with Crippen molar-refractivity contribution in [2.24, 2.45) is 0 Å². The molecule has 4 heteroatoms. The second-order valence-electron chi connectivity index (χ2n) is 3.66. The maximum Gasteiger partial charge on any atom is 0.347 e. The van der Waals surface area contributed by atoms with E-state index in [-0.39, 0.29) is 6.42 Å². The zero-order valence-corrected chi connectivity index (χ0v) is 8.68. The van der Waals surface area contributed by atoms with Gasteiger partial charge in [-0.2, -0.15) is 4.39 Å². The lowest BCUT2D eigenvalue weighted by molar-refractivity contribution is -0.294. The van der Waals surface area contributed by atoms with E-state index in [2.05, 4.69) is 6.92 Å². The number of alkyl halides is 2. The van der Waals surface area contributed by atoms with Crippen LogP contribution in [0.5, 0.6) is 0 Å². The van der Waals surface area contributed by atoms with Gasteiger partial charge in [0.1, 0.15) is 0 Å². The Hall–Kier alpha value is -0.220. The highest BCUT2D eigenvalue weighted by atomic mass is 19.2. The van der Waals surface area contributed by atoms with E-state index in [9.17, 15) is 8.78 Å². The molecule has 1 unspecified atom stereocenters. The van der Waals surface area contributed by atoms with Crippen LogP contribution >= 0.6 is 0 Å². The molecule has 1 atom stereocenters. The van der Waals surface area contributed by atoms with Crippen LogP contribution in [0.1, 0.15) is 51.9 Å². The van der Waals surface area contributed by atoms with Crippen LogP contribution in [0.4, 0.5) is 8.78 Å². The Morgan fingerprint density at radius 3 is 2.07 bits per heavy atom. The first-order valence-electron chi connectivity index (χ1n) is 5.26. The Labute approximate surface area is 83.9 Å². The highest BCUT2D eigenvalue weighted by Gasteiger charge is 2.33. The molecular formula is C10H20F2O2. The fourth-order valence-corrected chi connectivity index (χ4v) is 1.29. The highest BCUT2D eigenvalue weighted by molar-refractivity contribution is 4.64. The van der Waals surface area contributed by atoms with Crippen LogP contribution in [-0.2, 0) is 0 Å². The van der Waals surface area contributed by atoms with Crippen molar-refractivity contribution in [3.05, 3.63) is 0 Å². The van der Waals surface area contributed by atoms with Gasteiger partial charge in [-0.1, -0.05) is 45.4 Å². The summed E-state index contributed by atoms with van der Waals surface area (Å²) in [4.78, 5) is 0. The molecule has 0 aliphatic rings. The number of aliphatic hydroxyl groups is 2. The van der Waals surface area contributed by atoms with E-state index in [1.54, 1.807) is 0 Å². The van der Waals surface area contributed by atoms with Crippen molar-refractivity contribution in [3.8, 4) is 0 Å². The van der Waals surface area contributed by atoms with Gasteiger partial charge in [0, 0.05) is 0 Å². The second-order valence-corrected chi connectivity index (χ2v) is 3.66. The molecule has 14 heavy (non-hydrogen) atoms. The van der Waals surface area contributed by atoms with E-state index in [1.807, 2.05) is 0 Å². The second kappa shape index (κ2) is 7.12. The summed E-state index contributed by atoms with van der Waals surface area (Å²) in [7, 11) is 0. The van der Waals surface area contributed by atoms with Crippen molar-refractivity contribution >= 4 is 0 Å². The van der Waals surface area contributed by atoms with E-state index in [4.69, 9.17) is 10.2 Å². The molecule has 0 amide bonds. The largest absolute Gasteiger partial charge is 0.347 e. The molecule has 0 spiro atoms. The van der Waals surface area contributed by atoms with Gasteiger partial charge in [0.15, 0.2) is 6.17 Å². The van der Waals surface area contributed by atoms with Crippen LogP contribution in [0.3, 0.4) is 0 Å². The molecule has 0 saturated heterocycles. The molecule has 0 saturated carbocycles. The van der Waals surface area contributed by atoms with Gasteiger partial charge >= 0.3 is 6.04 Å². The molecule has 0 heterocycles. The van der Waals surface area contributed by atoms with Crippen LogP contribution in [0, 0.1) is 0 Å². The van der Waals surface area contributed by atoms with Crippen LogP contribution in [0.25, 0.3) is 0 Å². The van der Waals surface area contributed by atoms with Crippen molar-refractivity contribution in [2.75, 3.05) is 0 Å². The first kappa shape index (κ1) is 13.8. The smallest absolute Gasteiger partial charge is 0.338 e. The Bertz CT molecular complexity index is 135. The summed E-state index contributed by atoms with van der Waals surface area (Å²) < 4.78 is 24.8. The predicted molar refractivity (Wildman–Crippen MR) is 51.2 cm³/mol. The first-order valence-corrected chi connectivity index (χ1v) is 5.26. The zero-order chi connectivity index (χ0) is 11.0. The molecule has 2 nitrogen and oxygen atoms in total. The summed E-state index contributed by atoms with van der Waals surface area (Å²) >= 11 is 0. The Morgan fingerprint density at radius 1 is 1.07 bits per heavy atom. The number of rotatable bonds is 8. The molecule has 0 aromatic heterocycles. The lowest BCUT2D eigenvalue weighted by Crippen LogP contribution is -2.34. The molecule has 0 aliphatic heterocycles. The average Bonchev–Trinajstić information content (AvgIpc) is 2.09. The molecule has 0 radical (unpaired) electrons. The quantitative estimate of drug-likeness (QED) is 0.477. The summed E-state index contributed by atoms with van der Waals surface area (Å²) in [6.07, 6.45) is 3.40. The third-order valence-electron chi connectivity index (χ3n) is 2.21.